The number of ether oxygens (including phenoxy) is 1. The Labute approximate surface area is 96.1 Å². The minimum Gasteiger partial charge on any atom is -0.394 e. The minimum atomic E-state index is -1.80. The number of nitrogens with zero attached hydrogens (tertiary/aromatic N) is 1. The van der Waals surface area contributed by atoms with E-state index in [2.05, 4.69) is 0 Å². The number of urea groups is 1. The van der Waals surface area contributed by atoms with Gasteiger partial charge in [-0.3, -0.25) is 15.0 Å². The molecule has 7 nitrogen and oxygen atoms in total. The van der Waals surface area contributed by atoms with Gasteiger partial charge in [0.25, 0.3) is 5.91 Å². The molecule has 96 valence electrons. The lowest BCUT2D eigenvalue weighted by Gasteiger charge is -2.32. The second-order valence-corrected chi connectivity index (χ2v) is 4.03. The van der Waals surface area contributed by atoms with Crippen LogP contribution in [-0.2, 0) is 9.53 Å². The number of carbonyl (C=O) groups excluding carboxylic acids is 2. The molecule has 4 atom stereocenters. The van der Waals surface area contributed by atoms with Gasteiger partial charge in [0.1, 0.15) is 12.3 Å². The quantitative estimate of drug-likeness (QED) is 0.543. The van der Waals surface area contributed by atoms with Gasteiger partial charge < -0.3 is 14.9 Å². The smallest absolute Gasteiger partial charge is 0.326 e. The topological polar surface area (TPSA) is 99.1 Å². The molecule has 0 saturated carbocycles. The molecule has 2 heterocycles. The van der Waals surface area contributed by atoms with Crippen LogP contribution in [0.3, 0.4) is 0 Å². The van der Waals surface area contributed by atoms with Crippen LogP contribution in [-0.4, -0.2) is 64.8 Å². The average Bonchev–Trinajstić information content (AvgIpc) is 2.65. The summed E-state index contributed by atoms with van der Waals surface area (Å²) in [5.41, 5.74) is 0. The number of rotatable bonds is 2. The number of alkyl halides is 1. The molecule has 0 aromatic rings. The molecule has 2 rings (SSSR count). The number of aliphatic hydroxyl groups excluding tert-OH is 2. The number of halogens is 1. The fourth-order valence-electron chi connectivity index (χ4n) is 1.91. The first-order valence-electron chi connectivity index (χ1n) is 5.23. The highest BCUT2D eigenvalue weighted by atomic mass is 19.1. The first kappa shape index (κ1) is 12.2. The number of aliphatic hydroxyl groups is 2. The van der Waals surface area contributed by atoms with Gasteiger partial charge in [-0.1, -0.05) is 0 Å². The number of amides is 3. The van der Waals surface area contributed by atoms with E-state index in [0.717, 1.165) is 4.90 Å². The zero-order valence-corrected chi connectivity index (χ0v) is 8.88. The van der Waals surface area contributed by atoms with Gasteiger partial charge in [0.05, 0.1) is 19.3 Å². The van der Waals surface area contributed by atoms with E-state index in [-0.39, 0.29) is 13.0 Å². The Hall–Kier alpha value is -1.25. The van der Waals surface area contributed by atoms with Crippen molar-refractivity contribution in [2.45, 2.75) is 31.0 Å². The Bertz CT molecular complexity index is 339. The summed E-state index contributed by atoms with van der Waals surface area (Å²) in [6, 6.07) is -0.750. The maximum Gasteiger partial charge on any atom is 0.326 e. The Morgan fingerprint density at radius 1 is 1.53 bits per heavy atom. The van der Waals surface area contributed by atoms with Crippen molar-refractivity contribution < 1.29 is 28.9 Å². The van der Waals surface area contributed by atoms with Gasteiger partial charge in [-0.25, -0.2) is 9.18 Å². The summed E-state index contributed by atoms with van der Waals surface area (Å²) >= 11 is 0. The number of imide groups is 1. The van der Waals surface area contributed by atoms with Gasteiger partial charge in [0.15, 0.2) is 6.17 Å². The van der Waals surface area contributed by atoms with E-state index in [0.29, 0.717) is 0 Å². The molecule has 8 heteroatoms. The fraction of sp³-hybridized carbons (Fsp3) is 0.778. The molecule has 3 amide bonds. The number of hydrogen-bond donors (Lipinski definition) is 3. The third kappa shape index (κ3) is 2.24. The molecular formula is C9H13FN2O5. The van der Waals surface area contributed by atoms with Crippen molar-refractivity contribution in [3.05, 3.63) is 0 Å². The highest BCUT2D eigenvalue weighted by molar-refractivity contribution is 5.99. The summed E-state index contributed by atoms with van der Waals surface area (Å²) in [7, 11) is 0. The first-order valence-corrected chi connectivity index (χ1v) is 5.23. The van der Waals surface area contributed by atoms with E-state index in [1.165, 1.54) is 0 Å². The van der Waals surface area contributed by atoms with Crippen LogP contribution in [0.4, 0.5) is 9.18 Å². The summed E-state index contributed by atoms with van der Waals surface area (Å²) in [5.74, 6) is -0.969. The molecular weight excluding hydrogens is 235 g/mol. The van der Waals surface area contributed by atoms with Gasteiger partial charge in [0.2, 0.25) is 0 Å². The van der Waals surface area contributed by atoms with Crippen molar-refractivity contribution in [2.75, 3.05) is 13.2 Å². The average molecular weight is 248 g/mol. The highest BCUT2D eigenvalue weighted by Gasteiger charge is 2.42. The zero-order valence-electron chi connectivity index (χ0n) is 8.88. The number of nitrogens with one attached hydrogen (secondary N) is 1. The first-order chi connectivity index (χ1) is 8.02. The molecule has 2 saturated heterocycles. The summed E-state index contributed by atoms with van der Waals surface area (Å²) < 4.78 is 18.4. The summed E-state index contributed by atoms with van der Waals surface area (Å²) in [4.78, 5) is 23.3. The van der Waals surface area contributed by atoms with Crippen LogP contribution in [0.5, 0.6) is 0 Å². The standard InChI is InChI=1S/C9H13FN2O5/c10-4-2-12(9(16)11-8(4)15)7-1-5(14)6(3-13)17-7/h4-7,13-14H,1-3H2,(H,11,15,16)/t4?,5-,6-,7+/m0/s1. The molecule has 0 aromatic carbocycles. The van der Waals surface area contributed by atoms with Crippen LogP contribution in [0.25, 0.3) is 0 Å². The molecule has 0 aliphatic carbocycles. The highest BCUT2D eigenvalue weighted by Crippen LogP contribution is 2.24. The lowest BCUT2D eigenvalue weighted by molar-refractivity contribution is -0.130. The second-order valence-electron chi connectivity index (χ2n) is 4.03. The molecule has 0 aromatic heterocycles. The van der Waals surface area contributed by atoms with E-state index in [4.69, 9.17) is 9.84 Å². The number of hydrogen-bond acceptors (Lipinski definition) is 5. The molecule has 0 spiro atoms. The lowest BCUT2D eigenvalue weighted by atomic mass is 10.1. The second kappa shape index (κ2) is 4.55. The van der Waals surface area contributed by atoms with Crippen molar-refractivity contribution in [1.29, 1.82) is 0 Å². The maximum absolute atomic E-state index is 13.2. The lowest BCUT2D eigenvalue weighted by Crippen LogP contribution is -2.58. The third-order valence-corrected chi connectivity index (χ3v) is 2.86. The van der Waals surface area contributed by atoms with Crippen molar-refractivity contribution in [3.8, 4) is 0 Å². The van der Waals surface area contributed by atoms with E-state index in [9.17, 15) is 19.1 Å². The van der Waals surface area contributed by atoms with Crippen LogP contribution in [0.2, 0.25) is 0 Å². The predicted octanol–water partition coefficient (Wildman–Crippen LogP) is -1.66. The molecule has 2 aliphatic rings. The van der Waals surface area contributed by atoms with Crippen molar-refractivity contribution in [2.24, 2.45) is 0 Å². The van der Waals surface area contributed by atoms with Crippen molar-refractivity contribution in [1.82, 2.24) is 10.2 Å². The van der Waals surface area contributed by atoms with E-state index in [1.807, 2.05) is 5.32 Å². The molecule has 2 aliphatic heterocycles. The Kier molecular flexibility index (Phi) is 3.27. The van der Waals surface area contributed by atoms with E-state index in [1.54, 1.807) is 0 Å². The maximum atomic E-state index is 13.2. The van der Waals surface area contributed by atoms with E-state index < -0.39 is 43.1 Å². The van der Waals surface area contributed by atoms with Gasteiger partial charge in [0, 0.05) is 6.42 Å². The van der Waals surface area contributed by atoms with Crippen LogP contribution in [0, 0.1) is 0 Å². The normalized spacial score (nSPS) is 38.4. The zero-order chi connectivity index (χ0) is 12.6. The van der Waals surface area contributed by atoms with Crippen molar-refractivity contribution in [3.63, 3.8) is 0 Å². The molecule has 0 bridgehead atoms. The van der Waals surface area contributed by atoms with Gasteiger partial charge in [-0.15, -0.1) is 0 Å². The van der Waals surface area contributed by atoms with Crippen LogP contribution < -0.4 is 5.32 Å². The summed E-state index contributed by atoms with van der Waals surface area (Å²) in [5, 5.41) is 20.2. The molecule has 3 N–H and O–H groups in total. The number of carbonyl (C=O) groups is 2. The monoisotopic (exact) mass is 248 g/mol. The Morgan fingerprint density at radius 3 is 2.82 bits per heavy atom. The third-order valence-electron chi connectivity index (χ3n) is 2.86. The predicted molar refractivity (Wildman–Crippen MR) is 51.5 cm³/mol. The van der Waals surface area contributed by atoms with Crippen molar-refractivity contribution >= 4 is 11.9 Å². The van der Waals surface area contributed by atoms with Crippen LogP contribution in [0.15, 0.2) is 0 Å². The summed E-state index contributed by atoms with van der Waals surface area (Å²) in [6.07, 6.45) is -4.24. The van der Waals surface area contributed by atoms with Gasteiger partial charge in [-0.2, -0.15) is 0 Å². The van der Waals surface area contributed by atoms with Crippen LogP contribution >= 0.6 is 0 Å². The Morgan fingerprint density at radius 2 is 2.24 bits per heavy atom. The fourth-order valence-corrected chi connectivity index (χ4v) is 1.91. The Balaban J connectivity index is 2.03. The molecule has 1 unspecified atom stereocenters. The molecule has 0 radical (unpaired) electrons. The van der Waals surface area contributed by atoms with Gasteiger partial charge in [-0.05, 0) is 0 Å². The van der Waals surface area contributed by atoms with Gasteiger partial charge >= 0.3 is 6.03 Å². The molecule has 2 fully saturated rings. The largest absolute Gasteiger partial charge is 0.394 e. The molecule has 17 heavy (non-hydrogen) atoms. The van der Waals surface area contributed by atoms with Crippen LogP contribution in [0.1, 0.15) is 6.42 Å². The van der Waals surface area contributed by atoms with E-state index >= 15 is 0 Å². The SMILES string of the molecule is O=C1NC(=O)N([C@H]2C[C@H](O)[C@H](CO)O2)CC1F. The summed E-state index contributed by atoms with van der Waals surface area (Å²) in [6.45, 7) is -0.786. The minimum absolute atomic E-state index is 0.0829.